The van der Waals surface area contributed by atoms with E-state index in [9.17, 15) is 14.0 Å². The summed E-state index contributed by atoms with van der Waals surface area (Å²) in [6.07, 6.45) is 1.81. The van der Waals surface area contributed by atoms with E-state index in [1.165, 1.54) is 22.8 Å². The van der Waals surface area contributed by atoms with Crippen LogP contribution in [-0.4, -0.2) is 29.0 Å². The summed E-state index contributed by atoms with van der Waals surface area (Å²) in [4.78, 5) is 25.3. The second-order valence-electron chi connectivity index (χ2n) is 6.93. The van der Waals surface area contributed by atoms with Crippen LogP contribution in [0.3, 0.4) is 0 Å². The van der Waals surface area contributed by atoms with Gasteiger partial charge in [-0.1, -0.05) is 17.7 Å². The third kappa shape index (κ3) is 3.30. The quantitative estimate of drug-likeness (QED) is 0.696. The number of nitrogens with one attached hydrogen (secondary N) is 2. The van der Waals surface area contributed by atoms with Crippen LogP contribution < -0.4 is 10.6 Å². The maximum Gasteiger partial charge on any atom is 0.267 e. The third-order valence-electron chi connectivity index (χ3n) is 5.01. The standard InChI is InChI=1S/C21H19ClFN3O2/c1-12-10-13-11-14(25-20(27)17-6-3-9-24-17)7-8-18(13)26(12)21(28)19-15(22)4-2-5-16(19)23/h2,4-5,7-8,10-11,17,24H,3,6,9H2,1H3,(H,25,27)/t17-/m1/s1. The van der Waals surface area contributed by atoms with Crippen LogP contribution in [0.15, 0.2) is 42.5 Å². The van der Waals surface area contributed by atoms with Crippen molar-refractivity contribution < 1.29 is 14.0 Å². The first-order valence-corrected chi connectivity index (χ1v) is 9.48. The summed E-state index contributed by atoms with van der Waals surface area (Å²) in [5.74, 6) is -1.25. The fourth-order valence-electron chi connectivity index (χ4n) is 3.65. The molecule has 2 aromatic carbocycles. The van der Waals surface area contributed by atoms with E-state index in [1.807, 2.05) is 12.1 Å². The molecule has 4 rings (SSSR count). The first kappa shape index (κ1) is 18.7. The van der Waals surface area contributed by atoms with Crippen molar-refractivity contribution in [1.82, 2.24) is 9.88 Å². The highest BCUT2D eigenvalue weighted by Gasteiger charge is 2.23. The molecular formula is C21H19ClFN3O2. The van der Waals surface area contributed by atoms with Crippen molar-refractivity contribution in [1.29, 1.82) is 0 Å². The van der Waals surface area contributed by atoms with E-state index in [1.54, 1.807) is 19.1 Å². The minimum atomic E-state index is -0.660. The van der Waals surface area contributed by atoms with Gasteiger partial charge in [0.15, 0.2) is 0 Å². The van der Waals surface area contributed by atoms with Gasteiger partial charge >= 0.3 is 0 Å². The molecule has 2 N–H and O–H groups in total. The molecule has 1 saturated heterocycles. The van der Waals surface area contributed by atoms with E-state index in [2.05, 4.69) is 10.6 Å². The summed E-state index contributed by atoms with van der Waals surface area (Å²) in [6.45, 7) is 2.62. The molecule has 1 fully saturated rings. The van der Waals surface area contributed by atoms with E-state index >= 15 is 0 Å². The molecule has 1 aliphatic heterocycles. The molecule has 5 nitrogen and oxygen atoms in total. The second kappa shape index (κ2) is 7.37. The van der Waals surface area contributed by atoms with Gasteiger partial charge in [0.2, 0.25) is 5.91 Å². The average Bonchev–Trinajstić information content (AvgIpc) is 3.28. The van der Waals surface area contributed by atoms with Crippen molar-refractivity contribution >= 4 is 40.0 Å². The summed E-state index contributed by atoms with van der Waals surface area (Å²) >= 11 is 6.06. The largest absolute Gasteiger partial charge is 0.325 e. The number of aryl methyl sites for hydroxylation is 1. The molecule has 1 atom stereocenters. The highest BCUT2D eigenvalue weighted by atomic mass is 35.5. The molecule has 2 heterocycles. The lowest BCUT2D eigenvalue weighted by Gasteiger charge is -2.12. The molecule has 28 heavy (non-hydrogen) atoms. The second-order valence-corrected chi connectivity index (χ2v) is 7.34. The van der Waals surface area contributed by atoms with Gasteiger partial charge in [-0.15, -0.1) is 0 Å². The van der Waals surface area contributed by atoms with Gasteiger partial charge in [0.05, 0.1) is 22.1 Å². The SMILES string of the molecule is Cc1cc2cc(NC(=O)[C@H]3CCCN3)ccc2n1C(=O)c1c(F)cccc1Cl. The molecule has 144 valence electrons. The third-order valence-corrected chi connectivity index (χ3v) is 5.32. The van der Waals surface area contributed by atoms with Crippen molar-refractivity contribution in [2.45, 2.75) is 25.8 Å². The summed E-state index contributed by atoms with van der Waals surface area (Å²) < 4.78 is 15.6. The van der Waals surface area contributed by atoms with Gasteiger partial charge in [0.1, 0.15) is 5.82 Å². The summed E-state index contributed by atoms with van der Waals surface area (Å²) in [7, 11) is 0. The van der Waals surface area contributed by atoms with Gasteiger partial charge < -0.3 is 10.6 Å². The van der Waals surface area contributed by atoms with Gasteiger partial charge in [-0.3, -0.25) is 14.2 Å². The fraction of sp³-hybridized carbons (Fsp3) is 0.238. The molecular weight excluding hydrogens is 381 g/mol. The highest BCUT2D eigenvalue weighted by molar-refractivity contribution is 6.34. The lowest BCUT2D eigenvalue weighted by Crippen LogP contribution is -2.35. The van der Waals surface area contributed by atoms with Crippen molar-refractivity contribution in [3.63, 3.8) is 0 Å². The number of halogens is 2. The monoisotopic (exact) mass is 399 g/mol. The Kier molecular flexibility index (Phi) is 4.91. The van der Waals surface area contributed by atoms with E-state index in [0.717, 1.165) is 24.8 Å². The molecule has 7 heteroatoms. The Morgan fingerprint density at radius 1 is 1.25 bits per heavy atom. The van der Waals surface area contributed by atoms with Crippen molar-refractivity contribution in [3.8, 4) is 0 Å². The van der Waals surface area contributed by atoms with Gasteiger partial charge in [-0.25, -0.2) is 4.39 Å². The summed E-state index contributed by atoms with van der Waals surface area (Å²) in [6, 6.07) is 11.1. The number of aromatic nitrogens is 1. The zero-order valence-corrected chi connectivity index (χ0v) is 16.0. The Morgan fingerprint density at radius 3 is 2.79 bits per heavy atom. The number of nitrogens with zero attached hydrogens (tertiary/aromatic N) is 1. The first-order chi connectivity index (χ1) is 13.5. The minimum Gasteiger partial charge on any atom is -0.325 e. The van der Waals surface area contributed by atoms with Crippen molar-refractivity contribution in [3.05, 3.63) is 64.6 Å². The number of fused-ring (bicyclic) bond motifs is 1. The topological polar surface area (TPSA) is 63.1 Å². The van der Waals surface area contributed by atoms with Crippen molar-refractivity contribution in [2.24, 2.45) is 0 Å². The van der Waals surface area contributed by atoms with Gasteiger partial charge in [-0.05, 0) is 62.7 Å². The normalized spacial score (nSPS) is 16.5. The van der Waals surface area contributed by atoms with Crippen molar-refractivity contribution in [2.75, 3.05) is 11.9 Å². The maximum absolute atomic E-state index is 14.2. The van der Waals surface area contributed by atoms with E-state index in [-0.39, 0.29) is 22.5 Å². The van der Waals surface area contributed by atoms with Crippen LogP contribution in [-0.2, 0) is 4.79 Å². The number of hydrogen-bond donors (Lipinski definition) is 2. The molecule has 0 spiro atoms. The van der Waals surface area contributed by atoms with E-state index in [0.29, 0.717) is 16.9 Å². The molecule has 0 saturated carbocycles. The zero-order chi connectivity index (χ0) is 19.8. The predicted molar refractivity (Wildman–Crippen MR) is 107 cm³/mol. The maximum atomic E-state index is 14.2. The van der Waals surface area contributed by atoms with Gasteiger partial charge in [0.25, 0.3) is 5.91 Å². The van der Waals surface area contributed by atoms with Gasteiger partial charge in [0, 0.05) is 16.8 Å². The lowest BCUT2D eigenvalue weighted by atomic mass is 10.1. The van der Waals surface area contributed by atoms with Crippen LogP contribution in [0.25, 0.3) is 10.9 Å². The summed E-state index contributed by atoms with van der Waals surface area (Å²) in [5, 5.41) is 6.91. The number of benzene rings is 2. The van der Waals surface area contributed by atoms with Gasteiger partial charge in [-0.2, -0.15) is 0 Å². The molecule has 1 aromatic heterocycles. The Balaban J connectivity index is 1.68. The number of anilines is 1. The molecule has 0 unspecified atom stereocenters. The Bertz CT molecular complexity index is 1070. The molecule has 0 bridgehead atoms. The molecule has 0 radical (unpaired) electrons. The van der Waals surface area contributed by atoms with Crippen LogP contribution in [0, 0.1) is 12.7 Å². The zero-order valence-electron chi connectivity index (χ0n) is 15.3. The fourth-order valence-corrected chi connectivity index (χ4v) is 3.90. The molecule has 1 aliphatic rings. The predicted octanol–water partition coefficient (Wildman–Crippen LogP) is 4.12. The van der Waals surface area contributed by atoms with Crippen LogP contribution in [0.4, 0.5) is 10.1 Å². The Morgan fingerprint density at radius 2 is 2.07 bits per heavy atom. The number of hydrogen-bond acceptors (Lipinski definition) is 3. The van der Waals surface area contributed by atoms with E-state index < -0.39 is 11.7 Å². The Hall–Kier alpha value is -2.70. The van der Waals surface area contributed by atoms with E-state index in [4.69, 9.17) is 11.6 Å². The summed E-state index contributed by atoms with van der Waals surface area (Å²) in [5.41, 5.74) is 1.77. The van der Waals surface area contributed by atoms with Crippen LogP contribution in [0.5, 0.6) is 0 Å². The highest BCUT2D eigenvalue weighted by Crippen LogP contribution is 2.27. The number of carbonyl (C=O) groups is 2. The number of rotatable bonds is 3. The Labute approximate surface area is 166 Å². The first-order valence-electron chi connectivity index (χ1n) is 9.11. The minimum absolute atomic E-state index is 0.0674. The van der Waals surface area contributed by atoms with Crippen LogP contribution >= 0.6 is 11.6 Å². The van der Waals surface area contributed by atoms with Crippen LogP contribution in [0.2, 0.25) is 5.02 Å². The smallest absolute Gasteiger partial charge is 0.267 e. The van der Waals surface area contributed by atoms with Crippen LogP contribution in [0.1, 0.15) is 28.9 Å². The average molecular weight is 400 g/mol. The lowest BCUT2D eigenvalue weighted by molar-refractivity contribution is -0.117. The number of amides is 1. The molecule has 0 aliphatic carbocycles. The number of carbonyl (C=O) groups excluding carboxylic acids is 2. The molecule has 3 aromatic rings. The molecule has 1 amide bonds.